The Morgan fingerprint density at radius 1 is 1.22 bits per heavy atom. The van der Waals surface area contributed by atoms with Gasteiger partial charge in [-0.3, -0.25) is 0 Å². The molecule has 3 atom stereocenters. The van der Waals surface area contributed by atoms with E-state index in [1.165, 1.54) is 12.1 Å². The minimum atomic E-state index is -0.456. The Morgan fingerprint density at radius 2 is 2.15 bits per heavy atom. The number of ether oxygens (including phenoxy) is 2. The average molecular weight is 375 g/mol. The molecule has 0 aliphatic carbocycles. The smallest absolute Gasteiger partial charge is 0.274 e. The first-order valence-electron chi connectivity index (χ1n) is 9.44. The molecule has 0 spiro atoms. The molecule has 3 heterocycles. The van der Waals surface area contributed by atoms with Crippen LogP contribution in [0.25, 0.3) is 0 Å². The van der Waals surface area contributed by atoms with E-state index in [2.05, 4.69) is 10.2 Å². The third kappa shape index (κ3) is 4.18. The van der Waals surface area contributed by atoms with E-state index in [4.69, 9.17) is 9.47 Å². The lowest BCUT2D eigenvalue weighted by Crippen LogP contribution is -2.25. The van der Waals surface area contributed by atoms with E-state index in [0.717, 1.165) is 50.6 Å². The van der Waals surface area contributed by atoms with Crippen molar-refractivity contribution >= 4 is 0 Å². The van der Waals surface area contributed by atoms with E-state index in [0.29, 0.717) is 12.1 Å². The molecule has 7 heteroatoms. The quantitative estimate of drug-likeness (QED) is 0.735. The lowest BCUT2D eigenvalue weighted by molar-refractivity contribution is 0.109. The molecule has 1 unspecified atom stereocenters. The van der Waals surface area contributed by atoms with Gasteiger partial charge in [-0.15, -0.1) is 0 Å². The molecule has 5 nitrogen and oxygen atoms in total. The zero-order chi connectivity index (χ0) is 18.6. The number of likely N-dealkylation sites (tertiary alicyclic amines) is 1. The number of rotatable bonds is 5. The van der Waals surface area contributed by atoms with Gasteiger partial charge in [-0.2, -0.15) is 0 Å². The zero-order valence-electron chi connectivity index (χ0n) is 15.1. The molecule has 0 N–H and O–H groups in total. The highest BCUT2D eigenvalue weighted by Gasteiger charge is 2.31. The molecule has 4 rings (SSSR count). The Morgan fingerprint density at radius 3 is 2.93 bits per heavy atom. The summed E-state index contributed by atoms with van der Waals surface area (Å²) in [6.45, 7) is 2.12. The van der Waals surface area contributed by atoms with Crippen molar-refractivity contribution in [3.8, 4) is 0 Å². The molecule has 0 amide bonds. The molecule has 27 heavy (non-hydrogen) atoms. The molecule has 2 fully saturated rings. The SMILES string of the molecule is Fc1ccc(F)c([C@H]2CCCN2C2=COC(N=[N+]C[C@@H]3CCCO3)C=C2)c1. The van der Waals surface area contributed by atoms with Gasteiger partial charge in [0.25, 0.3) is 12.8 Å². The van der Waals surface area contributed by atoms with E-state index < -0.39 is 12.0 Å². The summed E-state index contributed by atoms with van der Waals surface area (Å²) in [6, 6.07) is 3.42. The van der Waals surface area contributed by atoms with Crippen LogP contribution in [-0.4, -0.2) is 36.9 Å². The van der Waals surface area contributed by atoms with Crippen molar-refractivity contribution in [3.05, 3.63) is 59.5 Å². The van der Waals surface area contributed by atoms with Crippen LogP contribution >= 0.6 is 0 Å². The van der Waals surface area contributed by atoms with Crippen LogP contribution in [0.3, 0.4) is 0 Å². The average Bonchev–Trinajstić information content (AvgIpc) is 3.36. The summed E-state index contributed by atoms with van der Waals surface area (Å²) in [5.74, 6) is -0.801. The van der Waals surface area contributed by atoms with Crippen LogP contribution in [0.2, 0.25) is 0 Å². The number of nitrogens with zero attached hydrogens (tertiary/aromatic N) is 3. The molecule has 3 aliphatic rings. The standard InChI is InChI=1S/C20H23F2N3O2/c21-14-5-7-18(22)17(11-14)19-4-1-9-25(19)15-6-8-20(27-13-15)24-23-12-16-3-2-10-26-16/h5-8,11,13,16,19-20H,1-4,9-10,12H2/q+1/t16-,19+,20?/m0/s1. The van der Waals surface area contributed by atoms with Crippen LogP contribution in [0, 0.1) is 11.6 Å². The van der Waals surface area contributed by atoms with Gasteiger partial charge in [0.05, 0.1) is 16.9 Å². The molecule has 1 radical (unpaired) electrons. The third-order valence-corrected chi connectivity index (χ3v) is 5.17. The van der Waals surface area contributed by atoms with E-state index in [1.54, 1.807) is 6.26 Å². The van der Waals surface area contributed by atoms with Crippen LogP contribution in [0.5, 0.6) is 0 Å². The highest BCUT2D eigenvalue weighted by Crippen LogP contribution is 2.37. The number of halogens is 2. The number of hydrogen-bond acceptors (Lipinski definition) is 5. The van der Waals surface area contributed by atoms with E-state index in [1.807, 2.05) is 17.1 Å². The summed E-state index contributed by atoms with van der Waals surface area (Å²) in [7, 11) is 0. The van der Waals surface area contributed by atoms with Gasteiger partial charge in [-0.05, 0) is 56.0 Å². The van der Waals surface area contributed by atoms with Crippen molar-refractivity contribution in [2.75, 3.05) is 19.7 Å². The maximum atomic E-state index is 14.2. The molecule has 0 bridgehead atoms. The summed E-state index contributed by atoms with van der Waals surface area (Å²) >= 11 is 0. The van der Waals surface area contributed by atoms with Gasteiger partial charge < -0.3 is 14.4 Å². The van der Waals surface area contributed by atoms with E-state index >= 15 is 0 Å². The molecule has 1 aromatic carbocycles. The highest BCUT2D eigenvalue weighted by molar-refractivity contribution is 5.28. The van der Waals surface area contributed by atoms with Crippen molar-refractivity contribution in [3.63, 3.8) is 0 Å². The van der Waals surface area contributed by atoms with Crippen LogP contribution in [0.15, 0.2) is 47.4 Å². The fourth-order valence-electron chi connectivity index (χ4n) is 3.81. The number of azo groups is 1. The van der Waals surface area contributed by atoms with Gasteiger partial charge in [-0.25, -0.2) is 8.78 Å². The van der Waals surface area contributed by atoms with Gasteiger partial charge in [0.15, 0.2) is 5.11 Å². The van der Waals surface area contributed by atoms with Crippen LogP contribution < -0.4 is 5.11 Å². The molecular formula is C20H23F2N3O2+. The summed E-state index contributed by atoms with van der Waals surface area (Å²) in [6.07, 6.45) is 8.87. The maximum Gasteiger partial charge on any atom is 0.274 e. The lowest BCUT2D eigenvalue weighted by atomic mass is 10.0. The van der Waals surface area contributed by atoms with Crippen molar-refractivity contribution in [2.45, 2.75) is 44.1 Å². The Hall–Kier alpha value is -2.28. The second kappa shape index (κ2) is 8.17. The molecule has 1 aromatic rings. The third-order valence-electron chi connectivity index (χ3n) is 5.17. The Balaban J connectivity index is 1.39. The highest BCUT2D eigenvalue weighted by atomic mass is 19.1. The Labute approximate surface area is 157 Å². The number of hydrogen-bond donors (Lipinski definition) is 0. The van der Waals surface area contributed by atoms with Gasteiger partial charge in [0.2, 0.25) is 0 Å². The molecule has 143 valence electrons. The Bertz CT molecular complexity index is 760. The fraction of sp³-hybridized carbons (Fsp3) is 0.500. The molecular weight excluding hydrogens is 352 g/mol. The second-order valence-electron chi connectivity index (χ2n) is 7.02. The van der Waals surface area contributed by atoms with Crippen LogP contribution in [0.4, 0.5) is 8.78 Å². The largest absolute Gasteiger partial charge is 0.464 e. The van der Waals surface area contributed by atoms with Crippen molar-refractivity contribution in [1.29, 1.82) is 0 Å². The van der Waals surface area contributed by atoms with Crippen molar-refractivity contribution in [2.24, 2.45) is 5.11 Å². The van der Waals surface area contributed by atoms with Crippen LogP contribution in [0.1, 0.15) is 37.3 Å². The first-order valence-corrected chi connectivity index (χ1v) is 9.44. The number of allylic oxidation sites excluding steroid dienone is 1. The minimum Gasteiger partial charge on any atom is -0.464 e. The van der Waals surface area contributed by atoms with Gasteiger partial charge in [0, 0.05) is 18.7 Å². The fourth-order valence-corrected chi connectivity index (χ4v) is 3.81. The van der Waals surface area contributed by atoms with E-state index in [-0.39, 0.29) is 18.0 Å². The molecule has 2 saturated heterocycles. The predicted molar refractivity (Wildman–Crippen MR) is 95.5 cm³/mol. The summed E-state index contributed by atoms with van der Waals surface area (Å²) < 4.78 is 38.9. The van der Waals surface area contributed by atoms with Crippen LogP contribution in [-0.2, 0) is 9.47 Å². The lowest BCUT2D eigenvalue weighted by Gasteiger charge is -2.29. The monoisotopic (exact) mass is 375 g/mol. The normalized spacial score (nSPS) is 28.0. The summed E-state index contributed by atoms with van der Waals surface area (Å²) in [5.41, 5.74) is 1.23. The van der Waals surface area contributed by atoms with Crippen molar-refractivity contribution < 1.29 is 18.3 Å². The summed E-state index contributed by atoms with van der Waals surface area (Å²) in [4.78, 5) is 2.05. The summed E-state index contributed by atoms with van der Waals surface area (Å²) in [5, 5.41) is 8.35. The predicted octanol–water partition coefficient (Wildman–Crippen LogP) is 3.82. The topological polar surface area (TPSA) is 48.2 Å². The van der Waals surface area contributed by atoms with Gasteiger partial charge in [0.1, 0.15) is 24.0 Å². The first kappa shape index (κ1) is 18.1. The Kier molecular flexibility index (Phi) is 5.48. The second-order valence-corrected chi connectivity index (χ2v) is 7.02. The molecule has 0 saturated carbocycles. The molecule has 3 aliphatic heterocycles. The maximum absolute atomic E-state index is 14.2. The molecule has 0 aromatic heterocycles. The van der Waals surface area contributed by atoms with E-state index in [9.17, 15) is 8.78 Å². The first-order chi connectivity index (χ1) is 13.2. The van der Waals surface area contributed by atoms with Gasteiger partial charge >= 0.3 is 0 Å². The minimum absolute atomic E-state index is 0.166. The van der Waals surface area contributed by atoms with Crippen molar-refractivity contribution in [1.82, 2.24) is 10.0 Å². The zero-order valence-corrected chi connectivity index (χ0v) is 15.1. The van der Waals surface area contributed by atoms with Gasteiger partial charge in [-0.1, -0.05) is 0 Å². The number of benzene rings is 1.